The first-order valence-electron chi connectivity index (χ1n) is 17.7. The van der Waals surface area contributed by atoms with Gasteiger partial charge in [-0.15, -0.1) is 0 Å². The van der Waals surface area contributed by atoms with E-state index < -0.39 is 0 Å². The van der Waals surface area contributed by atoms with E-state index in [0.29, 0.717) is 0 Å². The van der Waals surface area contributed by atoms with Gasteiger partial charge in [-0.2, -0.15) is 0 Å². The summed E-state index contributed by atoms with van der Waals surface area (Å²) in [7, 11) is 0. The Kier molecular flexibility index (Phi) is 6.56. The lowest BCUT2D eigenvalue weighted by Crippen LogP contribution is -2.17. The summed E-state index contributed by atoms with van der Waals surface area (Å²) in [6.07, 6.45) is 0. The van der Waals surface area contributed by atoms with E-state index >= 15 is 0 Å². The van der Waals surface area contributed by atoms with Crippen molar-refractivity contribution >= 4 is 49.8 Å². The molecule has 0 fully saturated rings. The molecule has 0 aliphatic heterocycles. The van der Waals surface area contributed by atoms with Gasteiger partial charge in [0.15, 0.2) is 5.58 Å². The zero-order valence-electron chi connectivity index (χ0n) is 28.6. The van der Waals surface area contributed by atoms with Crippen LogP contribution in [0.1, 0.15) is 25.0 Å². The Labute approximate surface area is 297 Å². The molecular formula is C49H35NO. The predicted octanol–water partition coefficient (Wildman–Crippen LogP) is 13.8. The summed E-state index contributed by atoms with van der Waals surface area (Å²) in [6.45, 7) is 4.70. The van der Waals surface area contributed by atoms with Crippen molar-refractivity contribution in [3.63, 3.8) is 0 Å². The number of anilines is 3. The van der Waals surface area contributed by atoms with Crippen molar-refractivity contribution in [2.45, 2.75) is 19.3 Å². The lowest BCUT2D eigenvalue weighted by Gasteiger charge is -2.30. The molecule has 0 saturated carbocycles. The molecule has 0 radical (unpaired) electrons. The third kappa shape index (κ3) is 4.57. The van der Waals surface area contributed by atoms with Crippen LogP contribution in [0.3, 0.4) is 0 Å². The number of fused-ring (bicyclic) bond motifs is 8. The molecule has 8 aromatic carbocycles. The average Bonchev–Trinajstić information content (AvgIpc) is 3.69. The summed E-state index contributed by atoms with van der Waals surface area (Å²) in [5.41, 5.74) is 14.8. The highest BCUT2D eigenvalue weighted by Gasteiger charge is 2.36. The lowest BCUT2D eigenvalue weighted by atomic mass is 9.82. The van der Waals surface area contributed by atoms with Gasteiger partial charge in [-0.05, 0) is 86.1 Å². The summed E-state index contributed by atoms with van der Waals surface area (Å²) < 4.78 is 6.90. The smallest absolute Gasteiger partial charge is 0.160 e. The van der Waals surface area contributed by atoms with Crippen LogP contribution in [-0.2, 0) is 5.41 Å². The first-order valence-corrected chi connectivity index (χ1v) is 17.7. The van der Waals surface area contributed by atoms with Gasteiger partial charge in [-0.1, -0.05) is 153 Å². The maximum absolute atomic E-state index is 6.90. The number of para-hydroxylation sites is 1. The van der Waals surface area contributed by atoms with E-state index in [-0.39, 0.29) is 5.41 Å². The molecule has 1 aromatic heterocycles. The van der Waals surface area contributed by atoms with Crippen LogP contribution in [0.4, 0.5) is 17.1 Å². The predicted molar refractivity (Wildman–Crippen MR) is 214 cm³/mol. The van der Waals surface area contributed by atoms with E-state index in [1.807, 2.05) is 0 Å². The number of benzene rings is 8. The van der Waals surface area contributed by atoms with Crippen molar-refractivity contribution in [1.82, 2.24) is 0 Å². The van der Waals surface area contributed by atoms with Crippen LogP contribution in [0.2, 0.25) is 0 Å². The minimum Gasteiger partial charge on any atom is -0.454 e. The number of rotatable bonds is 5. The standard InChI is InChI=1S/C49H35NO/c1-49(2)42-23-13-11-21-38(42)39-27-26-36(31-43(39)49)50(44-28-25-34(32-15-5-3-6-16-32)29-41(44)33-17-7-4-8-18-33)45-30-35-19-9-10-20-37(35)47-40-22-12-14-24-46(40)51-48(45)47/h3-31H,1-2H3. The Morgan fingerprint density at radius 1 is 0.451 bits per heavy atom. The Bertz CT molecular complexity index is 2770. The summed E-state index contributed by atoms with van der Waals surface area (Å²) in [5.74, 6) is 0. The molecule has 0 N–H and O–H groups in total. The molecular weight excluding hydrogens is 619 g/mol. The molecule has 0 atom stereocenters. The van der Waals surface area contributed by atoms with Crippen LogP contribution in [0, 0.1) is 0 Å². The fourth-order valence-electron chi connectivity index (χ4n) is 8.35. The van der Waals surface area contributed by atoms with Crippen LogP contribution in [0.15, 0.2) is 180 Å². The van der Waals surface area contributed by atoms with Crippen molar-refractivity contribution < 1.29 is 4.42 Å². The molecule has 10 rings (SSSR count). The maximum atomic E-state index is 6.90. The Morgan fingerprint density at radius 2 is 1.12 bits per heavy atom. The monoisotopic (exact) mass is 653 g/mol. The van der Waals surface area contributed by atoms with Gasteiger partial charge in [-0.3, -0.25) is 0 Å². The quantitative estimate of drug-likeness (QED) is 0.184. The zero-order chi connectivity index (χ0) is 34.1. The third-order valence-corrected chi connectivity index (χ3v) is 10.8. The number of hydrogen-bond acceptors (Lipinski definition) is 2. The SMILES string of the molecule is CC1(C)c2ccccc2-c2ccc(N(c3ccc(-c4ccccc4)cc3-c3ccccc3)c3cc4ccccc4c4c3oc3ccccc34)cc21. The topological polar surface area (TPSA) is 16.4 Å². The first kappa shape index (κ1) is 29.5. The van der Waals surface area contributed by atoms with E-state index in [9.17, 15) is 0 Å². The molecule has 51 heavy (non-hydrogen) atoms. The highest BCUT2D eigenvalue weighted by Crippen LogP contribution is 2.53. The maximum Gasteiger partial charge on any atom is 0.160 e. The molecule has 1 aliphatic carbocycles. The summed E-state index contributed by atoms with van der Waals surface area (Å²) in [5, 5.41) is 4.63. The van der Waals surface area contributed by atoms with Gasteiger partial charge in [0.2, 0.25) is 0 Å². The van der Waals surface area contributed by atoms with E-state index in [4.69, 9.17) is 4.42 Å². The summed E-state index contributed by atoms with van der Waals surface area (Å²) >= 11 is 0. The minimum atomic E-state index is -0.148. The number of furan rings is 1. The highest BCUT2D eigenvalue weighted by atomic mass is 16.3. The Balaban J connectivity index is 1.31. The second-order valence-corrected chi connectivity index (χ2v) is 14.1. The van der Waals surface area contributed by atoms with Crippen molar-refractivity contribution in [2.75, 3.05) is 4.90 Å². The highest BCUT2D eigenvalue weighted by molar-refractivity contribution is 6.23. The van der Waals surface area contributed by atoms with E-state index in [1.165, 1.54) is 44.2 Å². The van der Waals surface area contributed by atoms with Crippen LogP contribution < -0.4 is 4.90 Å². The van der Waals surface area contributed by atoms with Gasteiger partial charge in [0.05, 0.1) is 11.4 Å². The molecule has 0 spiro atoms. The van der Waals surface area contributed by atoms with Crippen LogP contribution in [0.5, 0.6) is 0 Å². The van der Waals surface area contributed by atoms with E-state index in [0.717, 1.165) is 50.1 Å². The molecule has 0 amide bonds. The molecule has 242 valence electrons. The summed E-state index contributed by atoms with van der Waals surface area (Å²) in [4.78, 5) is 2.44. The normalized spacial score (nSPS) is 13.1. The van der Waals surface area contributed by atoms with Gasteiger partial charge in [0.25, 0.3) is 0 Å². The van der Waals surface area contributed by atoms with Crippen molar-refractivity contribution in [3.8, 4) is 33.4 Å². The zero-order valence-corrected chi connectivity index (χ0v) is 28.6. The van der Waals surface area contributed by atoms with E-state index in [1.54, 1.807) is 0 Å². The molecule has 1 heterocycles. The van der Waals surface area contributed by atoms with Gasteiger partial charge >= 0.3 is 0 Å². The second kappa shape index (κ2) is 11.3. The molecule has 0 saturated heterocycles. The number of hydrogen-bond donors (Lipinski definition) is 0. The summed E-state index contributed by atoms with van der Waals surface area (Å²) in [6, 6.07) is 63.6. The van der Waals surface area contributed by atoms with Gasteiger partial charge < -0.3 is 9.32 Å². The third-order valence-electron chi connectivity index (χ3n) is 10.8. The van der Waals surface area contributed by atoms with E-state index in [2.05, 4.69) is 195 Å². The van der Waals surface area contributed by atoms with Crippen molar-refractivity contribution in [2.24, 2.45) is 0 Å². The van der Waals surface area contributed by atoms with Crippen LogP contribution in [-0.4, -0.2) is 0 Å². The van der Waals surface area contributed by atoms with Gasteiger partial charge in [0, 0.05) is 27.4 Å². The van der Waals surface area contributed by atoms with Crippen LogP contribution in [0.25, 0.3) is 66.1 Å². The fraction of sp³-hybridized carbons (Fsp3) is 0.0612. The van der Waals surface area contributed by atoms with Gasteiger partial charge in [0.1, 0.15) is 5.58 Å². The molecule has 2 nitrogen and oxygen atoms in total. The molecule has 9 aromatic rings. The largest absolute Gasteiger partial charge is 0.454 e. The van der Waals surface area contributed by atoms with Crippen molar-refractivity contribution in [3.05, 3.63) is 187 Å². The Morgan fingerprint density at radius 3 is 1.94 bits per heavy atom. The van der Waals surface area contributed by atoms with Gasteiger partial charge in [-0.25, -0.2) is 0 Å². The second-order valence-electron chi connectivity index (χ2n) is 14.1. The van der Waals surface area contributed by atoms with Crippen LogP contribution >= 0.6 is 0 Å². The molecule has 0 unspecified atom stereocenters. The average molecular weight is 654 g/mol. The first-order chi connectivity index (χ1) is 25.1. The molecule has 2 heteroatoms. The molecule has 1 aliphatic rings. The van der Waals surface area contributed by atoms with Crippen molar-refractivity contribution in [1.29, 1.82) is 0 Å². The minimum absolute atomic E-state index is 0.148. The lowest BCUT2D eigenvalue weighted by molar-refractivity contribution is 0.660. The fourth-order valence-corrected chi connectivity index (χ4v) is 8.35. The Hall–Kier alpha value is -6.38. The number of nitrogens with zero attached hydrogens (tertiary/aromatic N) is 1. The molecule has 0 bridgehead atoms.